The quantitative estimate of drug-likeness (QED) is 0.194. The van der Waals surface area contributed by atoms with Crippen LogP contribution < -0.4 is 5.32 Å². The van der Waals surface area contributed by atoms with Crippen LogP contribution in [0.3, 0.4) is 0 Å². The van der Waals surface area contributed by atoms with Gasteiger partial charge in [-0.15, -0.1) is 0 Å². The van der Waals surface area contributed by atoms with E-state index in [-0.39, 0.29) is 6.04 Å². The van der Waals surface area contributed by atoms with Crippen LogP contribution in [0.25, 0.3) is 94.6 Å². The van der Waals surface area contributed by atoms with Crippen molar-refractivity contribution in [1.29, 1.82) is 0 Å². The van der Waals surface area contributed by atoms with Crippen LogP contribution in [0.1, 0.15) is 17.2 Å². The highest BCUT2D eigenvalue weighted by Crippen LogP contribution is 2.43. The van der Waals surface area contributed by atoms with Gasteiger partial charge in [-0.2, -0.15) is 0 Å². The van der Waals surface area contributed by atoms with E-state index in [2.05, 4.69) is 181 Å². The lowest BCUT2D eigenvalue weighted by Crippen LogP contribution is -2.12. The Balaban J connectivity index is 1.00. The first-order valence-corrected chi connectivity index (χ1v) is 18.7. The van der Waals surface area contributed by atoms with Crippen LogP contribution in [0.15, 0.2) is 186 Å². The smallest absolute Gasteiger partial charge is 0.162 e. The third kappa shape index (κ3) is 5.30. The number of rotatable bonds is 5. The number of fused-ring (bicyclic) bond motifs is 8. The zero-order chi connectivity index (χ0) is 36.3. The maximum atomic E-state index is 6.68. The molecule has 1 atom stereocenters. The van der Waals surface area contributed by atoms with Crippen molar-refractivity contribution in [3.05, 3.63) is 193 Å². The van der Waals surface area contributed by atoms with Gasteiger partial charge in [0.05, 0.1) is 28.5 Å². The number of aromatic nitrogens is 2. The van der Waals surface area contributed by atoms with Gasteiger partial charge in [-0.05, 0) is 51.6 Å². The molecule has 4 heterocycles. The van der Waals surface area contributed by atoms with Crippen LogP contribution in [0.5, 0.6) is 0 Å². The average molecular weight is 704 g/mol. The molecule has 0 aliphatic carbocycles. The topological polar surface area (TPSA) is 51.0 Å². The largest absolute Gasteiger partial charge is 0.454 e. The second kappa shape index (κ2) is 12.7. The summed E-state index contributed by atoms with van der Waals surface area (Å²) in [5, 5.41) is 8.13. The van der Waals surface area contributed by atoms with Crippen LogP contribution in [0, 0.1) is 0 Å². The lowest BCUT2D eigenvalue weighted by molar-refractivity contribution is 0.669. The lowest BCUT2D eigenvalue weighted by Gasteiger charge is -2.24. The second-order valence-corrected chi connectivity index (χ2v) is 14.2. The number of benzene rings is 7. The third-order valence-corrected chi connectivity index (χ3v) is 10.9. The molecular weight excluding hydrogens is 671 g/mol. The summed E-state index contributed by atoms with van der Waals surface area (Å²) in [7, 11) is 0. The molecule has 4 heteroatoms. The van der Waals surface area contributed by atoms with E-state index in [4.69, 9.17) is 14.4 Å². The summed E-state index contributed by atoms with van der Waals surface area (Å²) in [5.41, 5.74) is 15.4. The van der Waals surface area contributed by atoms with E-state index in [1.807, 2.05) is 12.1 Å². The van der Waals surface area contributed by atoms with Crippen molar-refractivity contribution >= 4 is 55.5 Å². The molecule has 0 bridgehead atoms. The molecule has 3 aromatic heterocycles. The zero-order valence-electron chi connectivity index (χ0n) is 29.8. The maximum Gasteiger partial charge on any atom is 0.162 e. The summed E-state index contributed by atoms with van der Waals surface area (Å²) >= 11 is 0. The highest BCUT2D eigenvalue weighted by atomic mass is 16.3. The first kappa shape index (κ1) is 31.2. The van der Waals surface area contributed by atoms with E-state index >= 15 is 0 Å². The van der Waals surface area contributed by atoms with Crippen LogP contribution >= 0.6 is 0 Å². The molecule has 1 aliphatic rings. The van der Waals surface area contributed by atoms with Crippen molar-refractivity contribution in [2.24, 2.45) is 0 Å². The van der Waals surface area contributed by atoms with Gasteiger partial charge < -0.3 is 9.73 Å². The normalized spacial score (nSPS) is 13.7. The molecule has 4 nitrogen and oxygen atoms in total. The molecule has 258 valence electrons. The SMILES string of the molecule is C1=CC(c2ccccc2)Nc2c1ccc1ccc(-c3ccc(-c4nc5cccc(-c6ccc(-c7ccccc7)cc6)c5c5c4oc4ccccc45)cc3)nc21. The van der Waals surface area contributed by atoms with Crippen LogP contribution in [-0.4, -0.2) is 9.97 Å². The Morgan fingerprint density at radius 3 is 2.04 bits per heavy atom. The fraction of sp³-hybridized carbons (Fsp3) is 0.0196. The van der Waals surface area contributed by atoms with Gasteiger partial charge in [0.15, 0.2) is 5.58 Å². The number of pyridine rings is 2. The number of para-hydroxylation sites is 1. The van der Waals surface area contributed by atoms with Gasteiger partial charge in [-0.25, -0.2) is 9.97 Å². The van der Waals surface area contributed by atoms with E-state index in [9.17, 15) is 0 Å². The van der Waals surface area contributed by atoms with Gasteiger partial charge >= 0.3 is 0 Å². The van der Waals surface area contributed by atoms with Crippen LogP contribution in [0.2, 0.25) is 0 Å². The van der Waals surface area contributed by atoms with Gasteiger partial charge in [0.2, 0.25) is 0 Å². The van der Waals surface area contributed by atoms with E-state index in [0.717, 1.165) is 88.6 Å². The van der Waals surface area contributed by atoms with Crippen molar-refractivity contribution in [2.45, 2.75) is 6.04 Å². The Bertz CT molecular complexity index is 3090. The molecular formula is C51H33N3O. The average Bonchev–Trinajstić information content (AvgIpc) is 3.66. The second-order valence-electron chi connectivity index (χ2n) is 14.2. The minimum Gasteiger partial charge on any atom is -0.454 e. The van der Waals surface area contributed by atoms with E-state index in [0.29, 0.717) is 0 Å². The molecule has 7 aromatic carbocycles. The number of anilines is 1. The minimum absolute atomic E-state index is 0.0878. The monoisotopic (exact) mass is 703 g/mol. The Kier molecular flexibility index (Phi) is 7.20. The predicted octanol–water partition coefficient (Wildman–Crippen LogP) is 13.5. The van der Waals surface area contributed by atoms with Gasteiger partial charge in [-0.1, -0.05) is 170 Å². The van der Waals surface area contributed by atoms with Gasteiger partial charge in [0, 0.05) is 32.7 Å². The standard InChI is InChI=1S/C51H33N3O/c1-3-10-32(11-4-1)33-18-20-34(21-19-33)40-15-9-16-44-46(40)47-41-14-7-8-17-45(41)55-51(47)50(54-44)39-24-22-36(23-25-39)43-31-29-38-27-26-37-28-30-42(35-12-5-2-6-13-35)52-48(37)49(38)53-43/h1-31,42,52H. The van der Waals surface area contributed by atoms with Gasteiger partial charge in [0.1, 0.15) is 11.3 Å². The number of hydrogen-bond acceptors (Lipinski definition) is 4. The summed E-state index contributed by atoms with van der Waals surface area (Å²) < 4.78 is 6.68. The fourth-order valence-electron chi connectivity index (χ4n) is 8.15. The zero-order valence-corrected chi connectivity index (χ0v) is 29.8. The Labute approximate surface area is 318 Å². The first-order chi connectivity index (χ1) is 27.2. The van der Waals surface area contributed by atoms with Gasteiger partial charge in [0.25, 0.3) is 0 Å². The first-order valence-electron chi connectivity index (χ1n) is 18.7. The molecule has 11 rings (SSSR count). The van der Waals surface area contributed by atoms with Crippen molar-refractivity contribution in [3.63, 3.8) is 0 Å². The van der Waals surface area contributed by atoms with E-state index in [1.165, 1.54) is 16.7 Å². The predicted molar refractivity (Wildman–Crippen MR) is 228 cm³/mol. The molecule has 1 unspecified atom stereocenters. The maximum absolute atomic E-state index is 6.68. The summed E-state index contributed by atoms with van der Waals surface area (Å²) in [5.74, 6) is 0. The molecule has 0 spiro atoms. The number of furan rings is 1. The summed E-state index contributed by atoms with van der Waals surface area (Å²) in [6.45, 7) is 0. The molecule has 0 radical (unpaired) electrons. The Morgan fingerprint density at radius 2 is 1.20 bits per heavy atom. The highest BCUT2D eigenvalue weighted by Gasteiger charge is 2.21. The van der Waals surface area contributed by atoms with Crippen LogP contribution in [-0.2, 0) is 0 Å². The summed E-state index contributed by atoms with van der Waals surface area (Å²) in [6.07, 6.45) is 4.42. The van der Waals surface area contributed by atoms with Crippen molar-refractivity contribution in [1.82, 2.24) is 9.97 Å². The van der Waals surface area contributed by atoms with Crippen molar-refractivity contribution in [3.8, 4) is 44.8 Å². The summed E-state index contributed by atoms with van der Waals surface area (Å²) in [6, 6.07) is 61.8. The molecule has 55 heavy (non-hydrogen) atoms. The Morgan fingerprint density at radius 1 is 0.509 bits per heavy atom. The number of nitrogens with one attached hydrogen (secondary N) is 1. The minimum atomic E-state index is 0.0878. The molecule has 0 amide bonds. The lowest BCUT2D eigenvalue weighted by atomic mass is 9.94. The molecule has 0 saturated heterocycles. The summed E-state index contributed by atoms with van der Waals surface area (Å²) in [4.78, 5) is 10.6. The number of hydrogen-bond donors (Lipinski definition) is 1. The molecule has 10 aromatic rings. The van der Waals surface area contributed by atoms with Crippen molar-refractivity contribution < 1.29 is 4.42 Å². The molecule has 1 aliphatic heterocycles. The molecule has 0 fully saturated rings. The highest BCUT2D eigenvalue weighted by molar-refractivity contribution is 6.24. The van der Waals surface area contributed by atoms with E-state index in [1.54, 1.807) is 0 Å². The third-order valence-electron chi connectivity index (χ3n) is 10.9. The van der Waals surface area contributed by atoms with Crippen molar-refractivity contribution in [2.75, 3.05) is 5.32 Å². The molecule has 1 N–H and O–H groups in total. The fourth-order valence-corrected chi connectivity index (χ4v) is 8.15. The molecule has 0 saturated carbocycles. The van der Waals surface area contributed by atoms with Gasteiger partial charge in [-0.3, -0.25) is 0 Å². The van der Waals surface area contributed by atoms with E-state index < -0.39 is 0 Å². The number of nitrogens with zero attached hydrogens (tertiary/aromatic N) is 2. The van der Waals surface area contributed by atoms with Crippen LogP contribution in [0.4, 0.5) is 5.69 Å². The Hall–Kier alpha value is -7.30.